The van der Waals surface area contributed by atoms with Crippen LogP contribution >= 0.6 is 0 Å². The number of likely N-dealkylation sites (N-methyl/N-ethyl adjacent to an activating group) is 1. The van der Waals surface area contributed by atoms with Gasteiger partial charge >= 0.3 is 0 Å². The van der Waals surface area contributed by atoms with Crippen LogP contribution in [0, 0.1) is 6.92 Å². The number of nitrogens with zero attached hydrogens (tertiary/aromatic N) is 1. The van der Waals surface area contributed by atoms with E-state index in [9.17, 15) is 13.2 Å². The Morgan fingerprint density at radius 3 is 2.36 bits per heavy atom. The third-order valence-electron chi connectivity index (χ3n) is 3.90. The van der Waals surface area contributed by atoms with E-state index in [-0.39, 0.29) is 22.1 Å². The number of ether oxygens (including phenoxy) is 1. The van der Waals surface area contributed by atoms with Crippen LogP contribution in [0.2, 0.25) is 0 Å². The molecule has 2 aromatic carbocycles. The lowest BCUT2D eigenvalue weighted by molar-refractivity contribution is 0.0770. The third-order valence-corrected chi connectivity index (χ3v) is 5.68. The molecule has 0 N–H and O–H groups in total. The van der Waals surface area contributed by atoms with Crippen molar-refractivity contribution in [2.45, 2.75) is 18.7 Å². The molecule has 0 aliphatic heterocycles. The highest BCUT2D eigenvalue weighted by molar-refractivity contribution is 7.91. The summed E-state index contributed by atoms with van der Waals surface area (Å²) in [6.45, 7) is 4.24. The lowest BCUT2D eigenvalue weighted by atomic mass is 10.2. The van der Waals surface area contributed by atoms with E-state index >= 15 is 0 Å². The van der Waals surface area contributed by atoms with Gasteiger partial charge < -0.3 is 9.64 Å². The molecule has 25 heavy (non-hydrogen) atoms. The maximum atomic E-state index is 12.6. The van der Waals surface area contributed by atoms with E-state index in [2.05, 4.69) is 0 Å². The van der Waals surface area contributed by atoms with Gasteiger partial charge in [0.2, 0.25) is 0 Å². The maximum absolute atomic E-state index is 12.6. The Morgan fingerprint density at radius 1 is 1.08 bits per heavy atom. The number of carbonyl (C=O) groups excluding carboxylic acids is 1. The van der Waals surface area contributed by atoms with Gasteiger partial charge in [0.25, 0.3) is 5.91 Å². The molecule has 0 saturated heterocycles. The predicted octanol–water partition coefficient (Wildman–Crippen LogP) is 2.94. The van der Waals surface area contributed by atoms with Crippen molar-refractivity contribution in [1.82, 2.24) is 4.90 Å². The topological polar surface area (TPSA) is 63.7 Å². The van der Waals surface area contributed by atoms with Crippen molar-refractivity contribution in [2.75, 3.05) is 26.0 Å². The summed E-state index contributed by atoms with van der Waals surface area (Å²) in [6, 6.07) is 14.0. The smallest absolute Gasteiger partial charge is 0.255 e. The first-order valence-electron chi connectivity index (χ1n) is 8.12. The summed E-state index contributed by atoms with van der Waals surface area (Å²) in [6.07, 6.45) is 0. The molecule has 134 valence electrons. The van der Waals surface area contributed by atoms with Crippen LogP contribution in [-0.2, 0) is 9.84 Å². The average molecular weight is 361 g/mol. The Bertz CT molecular complexity index is 829. The van der Waals surface area contributed by atoms with Crippen molar-refractivity contribution < 1.29 is 17.9 Å². The number of hydrogen-bond donors (Lipinski definition) is 0. The molecule has 0 radical (unpaired) electrons. The van der Waals surface area contributed by atoms with Gasteiger partial charge in [-0.15, -0.1) is 0 Å². The van der Waals surface area contributed by atoms with E-state index in [0.717, 1.165) is 11.3 Å². The highest BCUT2D eigenvalue weighted by Crippen LogP contribution is 2.18. The summed E-state index contributed by atoms with van der Waals surface area (Å²) in [5.41, 5.74) is 1.34. The minimum absolute atomic E-state index is 0.0441. The Morgan fingerprint density at radius 2 is 1.72 bits per heavy atom. The van der Waals surface area contributed by atoms with E-state index in [1.807, 2.05) is 31.2 Å². The molecule has 0 atom stereocenters. The van der Waals surface area contributed by atoms with Crippen LogP contribution < -0.4 is 4.74 Å². The van der Waals surface area contributed by atoms with Gasteiger partial charge in [-0.05, 0) is 31.2 Å². The number of carbonyl (C=O) groups is 1. The number of benzene rings is 2. The number of sulfone groups is 1. The van der Waals surface area contributed by atoms with Gasteiger partial charge in [0.05, 0.1) is 22.8 Å². The van der Waals surface area contributed by atoms with E-state index in [4.69, 9.17) is 4.74 Å². The molecule has 2 rings (SSSR count). The highest BCUT2D eigenvalue weighted by atomic mass is 32.2. The molecule has 0 aromatic heterocycles. The lowest BCUT2D eigenvalue weighted by Crippen LogP contribution is -2.32. The number of amides is 1. The summed E-state index contributed by atoms with van der Waals surface area (Å²) in [7, 11) is -1.82. The van der Waals surface area contributed by atoms with Crippen molar-refractivity contribution >= 4 is 15.7 Å². The number of aryl methyl sites for hydroxylation is 1. The van der Waals surface area contributed by atoms with E-state index in [1.165, 1.54) is 11.0 Å². The van der Waals surface area contributed by atoms with Gasteiger partial charge in [-0.25, -0.2) is 8.42 Å². The van der Waals surface area contributed by atoms with Crippen LogP contribution in [0.1, 0.15) is 22.8 Å². The Kier molecular flexibility index (Phi) is 6.20. The van der Waals surface area contributed by atoms with Gasteiger partial charge in [-0.3, -0.25) is 4.79 Å². The van der Waals surface area contributed by atoms with E-state index < -0.39 is 9.84 Å². The van der Waals surface area contributed by atoms with Gasteiger partial charge in [0, 0.05) is 7.05 Å². The molecule has 0 fully saturated rings. The molecular formula is C19H23NO4S. The molecule has 0 unspecified atom stereocenters. The molecule has 0 aliphatic rings. The monoisotopic (exact) mass is 361 g/mol. The molecule has 0 bridgehead atoms. The molecule has 0 spiro atoms. The molecular weight excluding hydrogens is 338 g/mol. The fraction of sp³-hybridized carbons (Fsp3) is 0.316. The summed E-state index contributed by atoms with van der Waals surface area (Å²) in [5, 5.41) is 0. The van der Waals surface area contributed by atoms with Crippen LogP contribution in [0.25, 0.3) is 0 Å². The van der Waals surface area contributed by atoms with Crippen molar-refractivity contribution in [2.24, 2.45) is 0 Å². The van der Waals surface area contributed by atoms with Crippen LogP contribution in [0.15, 0.2) is 53.4 Å². The summed E-state index contributed by atoms with van der Waals surface area (Å²) in [4.78, 5) is 14.2. The average Bonchev–Trinajstić information content (AvgIpc) is 2.62. The largest absolute Gasteiger partial charge is 0.492 e. The first-order chi connectivity index (χ1) is 11.8. The summed E-state index contributed by atoms with van der Waals surface area (Å²) < 4.78 is 30.0. The Balaban J connectivity index is 2.04. The minimum Gasteiger partial charge on any atom is -0.492 e. The minimum atomic E-state index is -3.45. The van der Waals surface area contributed by atoms with Crippen LogP contribution in [0.4, 0.5) is 0 Å². The summed E-state index contributed by atoms with van der Waals surface area (Å²) >= 11 is 0. The van der Waals surface area contributed by atoms with Gasteiger partial charge in [0.15, 0.2) is 9.84 Å². The second kappa shape index (κ2) is 8.16. The predicted molar refractivity (Wildman–Crippen MR) is 97.8 cm³/mol. The maximum Gasteiger partial charge on any atom is 0.255 e. The zero-order valence-electron chi connectivity index (χ0n) is 14.7. The summed E-state index contributed by atoms with van der Waals surface area (Å²) in [5.74, 6) is 0.359. The van der Waals surface area contributed by atoms with Crippen molar-refractivity contribution in [3.63, 3.8) is 0 Å². The Labute approximate surface area is 149 Å². The normalized spacial score (nSPS) is 11.2. The standard InChI is InChI=1S/C19H23NO4S/c1-4-25(22,23)18-8-6-5-7-17(18)19(21)20(3)13-14-24-16-11-9-15(2)10-12-16/h5-12H,4,13-14H2,1-3H3. The second-order valence-corrected chi connectivity index (χ2v) is 8.03. The number of rotatable bonds is 7. The Hall–Kier alpha value is -2.34. The third kappa shape index (κ3) is 4.82. The van der Waals surface area contributed by atoms with Crippen molar-refractivity contribution in [1.29, 1.82) is 0 Å². The zero-order valence-corrected chi connectivity index (χ0v) is 15.5. The molecule has 0 saturated carbocycles. The van der Waals surface area contributed by atoms with Crippen LogP contribution in [0.5, 0.6) is 5.75 Å². The number of hydrogen-bond acceptors (Lipinski definition) is 4. The molecule has 5 nitrogen and oxygen atoms in total. The molecule has 0 heterocycles. The first kappa shape index (κ1) is 19.0. The van der Waals surface area contributed by atoms with Gasteiger partial charge in [-0.1, -0.05) is 36.8 Å². The lowest BCUT2D eigenvalue weighted by Gasteiger charge is -2.19. The molecule has 2 aromatic rings. The fourth-order valence-corrected chi connectivity index (χ4v) is 3.40. The molecule has 0 aliphatic carbocycles. The highest BCUT2D eigenvalue weighted by Gasteiger charge is 2.22. The molecule has 1 amide bonds. The van der Waals surface area contributed by atoms with Crippen molar-refractivity contribution in [3.8, 4) is 5.75 Å². The van der Waals surface area contributed by atoms with E-state index in [1.54, 1.807) is 32.2 Å². The zero-order chi connectivity index (χ0) is 18.4. The molecule has 6 heteroatoms. The SMILES string of the molecule is CCS(=O)(=O)c1ccccc1C(=O)N(C)CCOc1ccc(C)cc1. The quantitative estimate of drug-likeness (QED) is 0.761. The van der Waals surface area contributed by atoms with Gasteiger partial charge in [0.1, 0.15) is 12.4 Å². The fourth-order valence-electron chi connectivity index (χ4n) is 2.31. The van der Waals surface area contributed by atoms with Crippen LogP contribution in [0.3, 0.4) is 0 Å². The first-order valence-corrected chi connectivity index (χ1v) is 9.77. The van der Waals surface area contributed by atoms with Crippen molar-refractivity contribution in [3.05, 3.63) is 59.7 Å². The van der Waals surface area contributed by atoms with Crippen LogP contribution in [-0.4, -0.2) is 45.2 Å². The van der Waals surface area contributed by atoms with E-state index in [0.29, 0.717) is 13.2 Å². The van der Waals surface area contributed by atoms with Gasteiger partial charge in [-0.2, -0.15) is 0 Å². The second-order valence-electron chi connectivity index (χ2n) is 5.79.